The number of nitrogens with one attached hydrogen (secondary N) is 1. The van der Waals surface area contributed by atoms with Crippen LogP contribution in [-0.4, -0.2) is 26.8 Å². The summed E-state index contributed by atoms with van der Waals surface area (Å²) in [6, 6.07) is 6.33. The zero-order valence-electron chi connectivity index (χ0n) is 11.1. The van der Waals surface area contributed by atoms with Crippen LogP contribution in [0.15, 0.2) is 18.2 Å². The van der Waals surface area contributed by atoms with Crippen molar-refractivity contribution in [2.45, 2.75) is 33.7 Å². The van der Waals surface area contributed by atoms with Gasteiger partial charge in [-0.1, -0.05) is 19.9 Å². The fourth-order valence-electron chi connectivity index (χ4n) is 1.92. The fourth-order valence-corrected chi connectivity index (χ4v) is 1.92. The van der Waals surface area contributed by atoms with Crippen LogP contribution in [0.5, 0.6) is 0 Å². The summed E-state index contributed by atoms with van der Waals surface area (Å²) in [6.45, 7) is 7.93. The average molecular weight is 245 g/mol. The van der Waals surface area contributed by atoms with Crippen LogP contribution in [0, 0.1) is 6.92 Å². The van der Waals surface area contributed by atoms with Crippen LogP contribution in [0.2, 0.25) is 0 Å². The Bertz CT molecular complexity index is 518. The van der Waals surface area contributed by atoms with Gasteiger partial charge in [-0.25, -0.2) is 0 Å². The Hall–Kier alpha value is -1.75. The highest BCUT2D eigenvalue weighted by Crippen LogP contribution is 2.15. The number of aromatic nitrogens is 4. The van der Waals surface area contributed by atoms with Crippen LogP contribution in [0.1, 0.15) is 30.8 Å². The van der Waals surface area contributed by atoms with Crippen molar-refractivity contribution in [2.24, 2.45) is 0 Å². The molecule has 0 bridgehead atoms. The number of rotatable bonds is 5. The third-order valence-electron chi connectivity index (χ3n) is 3.03. The second-order valence-electron chi connectivity index (χ2n) is 4.25. The van der Waals surface area contributed by atoms with Crippen LogP contribution in [0.25, 0.3) is 5.69 Å². The molecule has 5 heteroatoms. The molecule has 5 nitrogen and oxygen atoms in total. The Balaban J connectivity index is 2.33. The van der Waals surface area contributed by atoms with E-state index in [1.165, 1.54) is 11.1 Å². The molecule has 1 aromatic heterocycles. The molecule has 0 saturated carbocycles. The first-order valence-electron chi connectivity index (χ1n) is 6.34. The van der Waals surface area contributed by atoms with Crippen molar-refractivity contribution in [1.29, 1.82) is 0 Å². The number of nitrogens with zero attached hydrogens (tertiary/aromatic N) is 4. The Morgan fingerprint density at radius 3 is 2.83 bits per heavy atom. The van der Waals surface area contributed by atoms with Gasteiger partial charge in [-0.05, 0) is 53.6 Å². The van der Waals surface area contributed by atoms with E-state index >= 15 is 0 Å². The van der Waals surface area contributed by atoms with Crippen LogP contribution in [0.4, 0.5) is 0 Å². The zero-order valence-corrected chi connectivity index (χ0v) is 11.1. The second kappa shape index (κ2) is 5.73. The van der Waals surface area contributed by atoms with E-state index in [9.17, 15) is 0 Å². The number of aryl methyl sites for hydroxylation is 2. The van der Waals surface area contributed by atoms with Gasteiger partial charge in [0.25, 0.3) is 0 Å². The molecule has 1 aromatic carbocycles. The molecule has 0 unspecified atom stereocenters. The van der Waals surface area contributed by atoms with Gasteiger partial charge in [0.1, 0.15) is 0 Å². The third kappa shape index (κ3) is 2.56. The number of hydrogen-bond donors (Lipinski definition) is 1. The molecule has 1 N–H and O–H groups in total. The normalized spacial score (nSPS) is 10.8. The molecule has 0 aliphatic carbocycles. The molecule has 96 valence electrons. The maximum absolute atomic E-state index is 4.06. The lowest BCUT2D eigenvalue weighted by molar-refractivity contribution is 0.663. The number of hydrogen-bond acceptors (Lipinski definition) is 4. The molecule has 0 amide bonds. The second-order valence-corrected chi connectivity index (χ2v) is 4.25. The SMILES string of the molecule is CCNCc1nnnn1-c1ccc(C)c(CC)c1. The van der Waals surface area contributed by atoms with Crippen molar-refractivity contribution in [3.63, 3.8) is 0 Å². The minimum Gasteiger partial charge on any atom is -0.310 e. The zero-order chi connectivity index (χ0) is 13.0. The van der Waals surface area contributed by atoms with Gasteiger partial charge in [-0.15, -0.1) is 5.10 Å². The van der Waals surface area contributed by atoms with Gasteiger partial charge in [0.2, 0.25) is 0 Å². The predicted molar refractivity (Wildman–Crippen MR) is 70.6 cm³/mol. The topological polar surface area (TPSA) is 55.6 Å². The van der Waals surface area contributed by atoms with Crippen molar-refractivity contribution in [3.8, 4) is 5.69 Å². The first kappa shape index (κ1) is 12.7. The van der Waals surface area contributed by atoms with Crippen molar-refractivity contribution >= 4 is 0 Å². The highest BCUT2D eigenvalue weighted by molar-refractivity contribution is 5.39. The predicted octanol–water partition coefficient (Wildman–Crippen LogP) is 1.64. The molecule has 1 heterocycles. The Labute approximate surface area is 107 Å². The number of tetrazole rings is 1. The van der Waals surface area contributed by atoms with E-state index in [4.69, 9.17) is 0 Å². The van der Waals surface area contributed by atoms with Gasteiger partial charge in [0.15, 0.2) is 5.82 Å². The molecule has 2 rings (SSSR count). The van der Waals surface area contributed by atoms with Gasteiger partial charge >= 0.3 is 0 Å². The standard InChI is InChI=1S/C13H19N5/c1-4-11-8-12(7-6-10(11)3)18-13(9-14-5-2)15-16-17-18/h6-8,14H,4-5,9H2,1-3H3. The molecule has 0 atom stereocenters. The molecule has 0 saturated heterocycles. The fraction of sp³-hybridized carbons (Fsp3) is 0.462. The van der Waals surface area contributed by atoms with Gasteiger partial charge in [0, 0.05) is 0 Å². The minimum absolute atomic E-state index is 0.679. The Morgan fingerprint density at radius 1 is 1.28 bits per heavy atom. The monoisotopic (exact) mass is 245 g/mol. The molecule has 0 spiro atoms. The van der Waals surface area contributed by atoms with Crippen LogP contribution >= 0.6 is 0 Å². The molecule has 18 heavy (non-hydrogen) atoms. The summed E-state index contributed by atoms with van der Waals surface area (Å²) in [4.78, 5) is 0. The van der Waals surface area contributed by atoms with E-state index in [-0.39, 0.29) is 0 Å². The molecular formula is C13H19N5. The lowest BCUT2D eigenvalue weighted by Gasteiger charge is -2.08. The summed E-state index contributed by atoms with van der Waals surface area (Å²) in [5, 5.41) is 15.1. The van der Waals surface area contributed by atoms with Crippen molar-refractivity contribution < 1.29 is 0 Å². The van der Waals surface area contributed by atoms with Crippen molar-refractivity contribution in [2.75, 3.05) is 6.54 Å². The molecule has 0 fully saturated rings. The molecular weight excluding hydrogens is 226 g/mol. The third-order valence-corrected chi connectivity index (χ3v) is 3.03. The van der Waals surface area contributed by atoms with Gasteiger partial charge in [0.05, 0.1) is 12.2 Å². The maximum atomic E-state index is 4.06. The molecule has 0 aliphatic rings. The van der Waals surface area contributed by atoms with Gasteiger partial charge in [-0.3, -0.25) is 0 Å². The lowest BCUT2D eigenvalue weighted by Crippen LogP contribution is -2.16. The highest BCUT2D eigenvalue weighted by Gasteiger charge is 2.08. The summed E-state index contributed by atoms with van der Waals surface area (Å²) in [6.07, 6.45) is 1.02. The van der Waals surface area contributed by atoms with Crippen molar-refractivity contribution in [3.05, 3.63) is 35.2 Å². The highest BCUT2D eigenvalue weighted by atomic mass is 15.5. The number of benzene rings is 1. The van der Waals surface area contributed by atoms with E-state index in [2.05, 4.69) is 59.8 Å². The minimum atomic E-state index is 0.679. The quantitative estimate of drug-likeness (QED) is 0.870. The summed E-state index contributed by atoms with van der Waals surface area (Å²) < 4.78 is 1.79. The first-order valence-corrected chi connectivity index (χ1v) is 6.34. The van der Waals surface area contributed by atoms with E-state index in [1.807, 2.05) is 0 Å². The molecule has 2 aromatic rings. The van der Waals surface area contributed by atoms with E-state index < -0.39 is 0 Å². The summed E-state index contributed by atoms with van der Waals surface area (Å²) in [7, 11) is 0. The van der Waals surface area contributed by atoms with E-state index in [0.29, 0.717) is 6.54 Å². The summed E-state index contributed by atoms with van der Waals surface area (Å²) in [5.74, 6) is 0.836. The van der Waals surface area contributed by atoms with Gasteiger partial charge in [-0.2, -0.15) is 4.68 Å². The molecule has 0 radical (unpaired) electrons. The summed E-state index contributed by atoms with van der Waals surface area (Å²) >= 11 is 0. The van der Waals surface area contributed by atoms with Crippen LogP contribution in [0.3, 0.4) is 0 Å². The Morgan fingerprint density at radius 2 is 2.11 bits per heavy atom. The maximum Gasteiger partial charge on any atom is 0.170 e. The van der Waals surface area contributed by atoms with Crippen LogP contribution < -0.4 is 5.32 Å². The average Bonchev–Trinajstić information content (AvgIpc) is 2.85. The molecule has 0 aliphatic heterocycles. The first-order chi connectivity index (χ1) is 8.76. The summed E-state index contributed by atoms with van der Waals surface area (Å²) in [5.41, 5.74) is 3.66. The largest absolute Gasteiger partial charge is 0.310 e. The van der Waals surface area contributed by atoms with Crippen molar-refractivity contribution in [1.82, 2.24) is 25.5 Å². The van der Waals surface area contributed by atoms with Gasteiger partial charge < -0.3 is 5.32 Å². The van der Waals surface area contributed by atoms with E-state index in [1.54, 1.807) is 4.68 Å². The lowest BCUT2D eigenvalue weighted by atomic mass is 10.1. The smallest absolute Gasteiger partial charge is 0.170 e. The van der Waals surface area contributed by atoms with E-state index in [0.717, 1.165) is 24.5 Å². The Kier molecular flexibility index (Phi) is 4.04. The van der Waals surface area contributed by atoms with Crippen LogP contribution in [-0.2, 0) is 13.0 Å².